The molecule has 2 rings (SSSR count). The van der Waals surface area contributed by atoms with Crippen LogP contribution in [0.4, 0.5) is 0 Å². The molecule has 0 atom stereocenters. The van der Waals surface area contributed by atoms with E-state index in [9.17, 15) is 19.5 Å². The number of aromatic hydroxyl groups is 1. The molecule has 0 aliphatic rings. The molecule has 1 aromatic heterocycles. The fraction of sp³-hybridized carbons (Fsp3) is 0.133. The quantitative estimate of drug-likeness (QED) is 0.567. The van der Waals surface area contributed by atoms with Crippen LogP contribution in [0, 0.1) is 11.8 Å². The minimum atomic E-state index is -0.925. The molecule has 0 radical (unpaired) electrons. The molecule has 21 heavy (non-hydrogen) atoms. The molecule has 1 heterocycles. The van der Waals surface area contributed by atoms with Crippen molar-refractivity contribution in [2.45, 2.75) is 12.8 Å². The Morgan fingerprint density at radius 1 is 1.10 bits per heavy atom. The van der Waals surface area contributed by atoms with Crippen molar-refractivity contribution in [3.8, 4) is 17.7 Å². The highest BCUT2D eigenvalue weighted by atomic mass is 16.3. The topological polar surface area (TPSA) is 103 Å². The number of aromatic amines is 2. The van der Waals surface area contributed by atoms with Gasteiger partial charge in [0.15, 0.2) is 5.78 Å². The van der Waals surface area contributed by atoms with E-state index in [-0.39, 0.29) is 6.42 Å². The third-order valence-electron chi connectivity index (χ3n) is 2.71. The molecule has 0 unspecified atom stereocenters. The van der Waals surface area contributed by atoms with Gasteiger partial charge in [-0.15, -0.1) is 0 Å². The van der Waals surface area contributed by atoms with Crippen molar-refractivity contribution >= 4 is 5.78 Å². The standard InChI is InChI=1S/C15H12N2O4/c18-11(12-13(19)16-15(21)17-14(12)20)9-5-4-8-10-6-2-1-3-7-10/h1-3,6-7H,8-9H2,(H3,16,17,19,20,21). The van der Waals surface area contributed by atoms with Gasteiger partial charge >= 0.3 is 5.69 Å². The predicted molar refractivity (Wildman–Crippen MR) is 76.2 cm³/mol. The Bertz CT molecular complexity index is 822. The van der Waals surface area contributed by atoms with Crippen molar-refractivity contribution in [2.75, 3.05) is 0 Å². The second-order valence-corrected chi connectivity index (χ2v) is 4.25. The fourth-order valence-corrected chi connectivity index (χ4v) is 1.72. The maximum absolute atomic E-state index is 11.8. The number of hydrogen-bond donors (Lipinski definition) is 3. The third-order valence-corrected chi connectivity index (χ3v) is 2.71. The number of carbonyl (C=O) groups is 1. The molecule has 6 heteroatoms. The largest absolute Gasteiger partial charge is 0.494 e. The molecular formula is C15H12N2O4. The predicted octanol–water partition coefficient (Wildman–Crippen LogP) is 0.588. The Hall–Kier alpha value is -3.07. The van der Waals surface area contributed by atoms with E-state index < -0.39 is 28.5 Å². The van der Waals surface area contributed by atoms with Gasteiger partial charge in [-0.25, -0.2) is 4.79 Å². The lowest BCUT2D eigenvalue weighted by Crippen LogP contribution is -2.27. The molecule has 106 valence electrons. The summed E-state index contributed by atoms with van der Waals surface area (Å²) in [6.07, 6.45) is 0.275. The minimum Gasteiger partial charge on any atom is -0.494 e. The summed E-state index contributed by atoms with van der Waals surface area (Å²) in [5, 5.41) is 9.43. The highest BCUT2D eigenvalue weighted by Gasteiger charge is 2.16. The molecule has 0 spiro atoms. The Balaban J connectivity index is 2.07. The van der Waals surface area contributed by atoms with Gasteiger partial charge in [-0.2, -0.15) is 0 Å². The van der Waals surface area contributed by atoms with Crippen molar-refractivity contribution in [2.24, 2.45) is 0 Å². The monoisotopic (exact) mass is 284 g/mol. The van der Waals surface area contributed by atoms with Crippen LogP contribution < -0.4 is 11.2 Å². The third kappa shape index (κ3) is 3.70. The molecule has 6 nitrogen and oxygen atoms in total. The summed E-state index contributed by atoms with van der Waals surface area (Å²) < 4.78 is 0. The average Bonchev–Trinajstić information content (AvgIpc) is 2.43. The van der Waals surface area contributed by atoms with Gasteiger partial charge in [-0.3, -0.25) is 19.6 Å². The fourth-order valence-electron chi connectivity index (χ4n) is 1.72. The number of nitrogens with one attached hydrogen (secondary N) is 2. The number of Topliss-reactive ketones (excluding diaryl/α,β-unsaturated/α-hetero) is 1. The van der Waals surface area contributed by atoms with E-state index in [0.717, 1.165) is 5.56 Å². The lowest BCUT2D eigenvalue weighted by Gasteiger charge is -1.98. The van der Waals surface area contributed by atoms with E-state index in [0.29, 0.717) is 6.42 Å². The van der Waals surface area contributed by atoms with Gasteiger partial charge in [0.2, 0.25) is 5.88 Å². The number of rotatable bonds is 3. The Kier molecular flexibility index (Phi) is 4.36. The zero-order chi connectivity index (χ0) is 15.2. The van der Waals surface area contributed by atoms with Crippen LogP contribution in [0.15, 0.2) is 39.9 Å². The van der Waals surface area contributed by atoms with Crippen LogP contribution in [0.5, 0.6) is 5.88 Å². The first-order chi connectivity index (χ1) is 10.1. The van der Waals surface area contributed by atoms with Crippen molar-refractivity contribution < 1.29 is 9.90 Å². The van der Waals surface area contributed by atoms with Crippen LogP contribution in [-0.4, -0.2) is 20.9 Å². The van der Waals surface area contributed by atoms with Crippen LogP contribution in [0.2, 0.25) is 0 Å². The highest BCUT2D eigenvalue weighted by Crippen LogP contribution is 2.07. The molecule has 0 aliphatic carbocycles. The molecule has 0 aliphatic heterocycles. The smallest absolute Gasteiger partial charge is 0.328 e. The van der Waals surface area contributed by atoms with Gasteiger partial charge in [0, 0.05) is 6.42 Å². The molecule has 0 saturated heterocycles. The summed E-state index contributed by atoms with van der Waals surface area (Å²) in [7, 11) is 0. The van der Waals surface area contributed by atoms with Crippen molar-refractivity contribution in [1.82, 2.24) is 9.97 Å². The van der Waals surface area contributed by atoms with E-state index in [4.69, 9.17) is 0 Å². The van der Waals surface area contributed by atoms with Gasteiger partial charge in [-0.05, 0) is 5.56 Å². The molecule has 2 aromatic rings. The first kappa shape index (κ1) is 14.3. The maximum atomic E-state index is 11.8. The minimum absolute atomic E-state index is 0.213. The Labute approximate surface area is 119 Å². The molecule has 0 fully saturated rings. The first-order valence-corrected chi connectivity index (χ1v) is 6.16. The number of benzene rings is 1. The summed E-state index contributed by atoms with van der Waals surface area (Å²) in [5.74, 6) is 4.08. The van der Waals surface area contributed by atoms with E-state index in [2.05, 4.69) is 11.8 Å². The van der Waals surface area contributed by atoms with Crippen molar-refractivity contribution in [3.05, 3.63) is 62.3 Å². The number of H-pyrrole nitrogens is 2. The summed E-state index contributed by atoms with van der Waals surface area (Å²) in [4.78, 5) is 38.0. The SMILES string of the molecule is O=C(CC#CCc1ccccc1)c1c(O)[nH]c(=O)[nH]c1=O. The Morgan fingerprint density at radius 2 is 1.81 bits per heavy atom. The van der Waals surface area contributed by atoms with Gasteiger partial charge < -0.3 is 5.11 Å². The van der Waals surface area contributed by atoms with E-state index in [1.165, 1.54) is 0 Å². The molecule has 0 amide bonds. The van der Waals surface area contributed by atoms with Crippen molar-refractivity contribution in [3.63, 3.8) is 0 Å². The second-order valence-electron chi connectivity index (χ2n) is 4.25. The number of hydrogen-bond acceptors (Lipinski definition) is 4. The maximum Gasteiger partial charge on any atom is 0.328 e. The van der Waals surface area contributed by atoms with E-state index >= 15 is 0 Å². The summed E-state index contributed by atoms with van der Waals surface area (Å²) >= 11 is 0. The molecule has 0 bridgehead atoms. The van der Waals surface area contributed by atoms with E-state index in [1.54, 1.807) is 0 Å². The average molecular weight is 284 g/mol. The van der Waals surface area contributed by atoms with Crippen molar-refractivity contribution in [1.29, 1.82) is 0 Å². The second kappa shape index (κ2) is 6.39. The van der Waals surface area contributed by atoms with Gasteiger partial charge in [-0.1, -0.05) is 42.2 Å². The number of ketones is 1. The zero-order valence-corrected chi connectivity index (χ0v) is 11.0. The normalized spacial score (nSPS) is 9.71. The lowest BCUT2D eigenvalue weighted by atomic mass is 10.1. The van der Waals surface area contributed by atoms with E-state index in [1.807, 2.05) is 40.3 Å². The van der Waals surface area contributed by atoms with Crippen LogP contribution in [0.1, 0.15) is 22.3 Å². The van der Waals surface area contributed by atoms with Gasteiger partial charge in [0.1, 0.15) is 5.56 Å². The first-order valence-electron chi connectivity index (χ1n) is 6.16. The lowest BCUT2D eigenvalue weighted by molar-refractivity contribution is 0.0993. The summed E-state index contributed by atoms with van der Waals surface area (Å²) in [5.41, 5.74) is -1.26. The molecule has 3 N–H and O–H groups in total. The summed E-state index contributed by atoms with van der Waals surface area (Å²) in [6, 6.07) is 9.50. The molecule has 1 aromatic carbocycles. The zero-order valence-electron chi connectivity index (χ0n) is 11.0. The van der Waals surface area contributed by atoms with Gasteiger partial charge in [0.25, 0.3) is 5.56 Å². The summed E-state index contributed by atoms with van der Waals surface area (Å²) in [6.45, 7) is 0. The van der Waals surface area contributed by atoms with Crippen LogP contribution in [0.25, 0.3) is 0 Å². The van der Waals surface area contributed by atoms with Gasteiger partial charge in [0.05, 0.1) is 6.42 Å². The number of carbonyl (C=O) groups excluding carboxylic acids is 1. The number of aromatic nitrogens is 2. The van der Waals surface area contributed by atoms with Crippen LogP contribution in [-0.2, 0) is 6.42 Å². The molecular weight excluding hydrogens is 272 g/mol. The van der Waals surface area contributed by atoms with Crippen LogP contribution in [0.3, 0.4) is 0 Å². The molecule has 0 saturated carbocycles. The highest BCUT2D eigenvalue weighted by molar-refractivity contribution is 5.99. The van der Waals surface area contributed by atoms with Crippen LogP contribution >= 0.6 is 0 Å². The Morgan fingerprint density at radius 3 is 2.48 bits per heavy atom.